The molecule has 1 aromatic heterocycles. The van der Waals surface area contributed by atoms with E-state index >= 15 is 0 Å². The molecule has 0 fully saturated rings. The van der Waals surface area contributed by atoms with Crippen molar-refractivity contribution in [3.63, 3.8) is 0 Å². The van der Waals surface area contributed by atoms with Crippen molar-refractivity contribution in [2.45, 2.75) is 0 Å². The van der Waals surface area contributed by atoms with Gasteiger partial charge in [-0.05, 0) is 36.4 Å². The number of benzene rings is 2. The van der Waals surface area contributed by atoms with Crippen LogP contribution in [0, 0.1) is 0 Å². The summed E-state index contributed by atoms with van der Waals surface area (Å²) < 4.78 is 5.36. The van der Waals surface area contributed by atoms with Gasteiger partial charge in [-0.25, -0.2) is 4.98 Å². The number of carboxylic acid groups (broad SMARTS) is 2. The molecule has 0 spiro atoms. The van der Waals surface area contributed by atoms with Gasteiger partial charge in [0.05, 0.1) is 43.5 Å². The fourth-order valence-electron chi connectivity index (χ4n) is 3.70. The number of fused-ring (bicyclic) bond motifs is 2. The summed E-state index contributed by atoms with van der Waals surface area (Å²) in [6.45, 7) is 0.445. The number of pyridine rings is 1. The van der Waals surface area contributed by atoms with Crippen LogP contribution in [0.25, 0.3) is 21.8 Å². The number of nitrogens with zero attached hydrogens (tertiary/aromatic N) is 2. The summed E-state index contributed by atoms with van der Waals surface area (Å²) >= 11 is 6.16. The second-order valence-electron chi connectivity index (χ2n) is 7.98. The van der Waals surface area contributed by atoms with Crippen molar-refractivity contribution in [1.29, 1.82) is 0 Å². The number of hydrogen-bond acceptors (Lipinski definition) is 8. The van der Waals surface area contributed by atoms with E-state index in [0.29, 0.717) is 23.9 Å². The minimum absolute atomic E-state index is 0.127. The molecule has 1 heterocycles. The molecule has 5 N–H and O–H groups in total. The van der Waals surface area contributed by atoms with Crippen molar-refractivity contribution in [2.24, 2.45) is 0 Å². The van der Waals surface area contributed by atoms with Gasteiger partial charge in [-0.1, -0.05) is 11.6 Å². The molecule has 0 saturated carbocycles. The molecule has 2 aromatic carbocycles. The summed E-state index contributed by atoms with van der Waals surface area (Å²) in [7, 11) is 1.59. The number of ether oxygens (including phenoxy) is 1. The Morgan fingerprint density at radius 1 is 0.972 bits per heavy atom. The van der Waals surface area contributed by atoms with Gasteiger partial charge in [0.15, 0.2) is 0 Å². The SMILES string of the molecule is COc1ccc2nc3cc(Cl)ccc3c(NCCNC(=O)CN(CCNCC(=O)O)CC(=O)O)c2c1. The predicted octanol–water partition coefficient (Wildman–Crippen LogP) is 1.64. The standard InChI is InChI=1S/C24H28ClN5O6/c1-36-16-3-5-19-18(11-16)24(17-4-2-15(25)10-20(17)29-19)28-7-6-27-21(31)13-30(14-23(34)35)9-8-26-12-22(32)33/h2-5,10-11,26H,6-9,12-14H2,1H3,(H,27,31)(H,28,29)(H,32,33)(H,34,35). The van der Waals surface area contributed by atoms with E-state index in [4.69, 9.17) is 26.6 Å². The number of amides is 1. The number of methoxy groups -OCH3 is 1. The molecule has 0 aliphatic heterocycles. The molecule has 0 unspecified atom stereocenters. The monoisotopic (exact) mass is 517 g/mol. The number of aliphatic carboxylic acids is 2. The van der Waals surface area contributed by atoms with E-state index in [2.05, 4.69) is 20.9 Å². The molecule has 0 aliphatic rings. The van der Waals surface area contributed by atoms with E-state index < -0.39 is 11.9 Å². The van der Waals surface area contributed by atoms with E-state index in [1.54, 1.807) is 19.2 Å². The van der Waals surface area contributed by atoms with E-state index in [-0.39, 0.29) is 38.6 Å². The van der Waals surface area contributed by atoms with Crippen LogP contribution in [0.15, 0.2) is 36.4 Å². The fraction of sp³-hybridized carbons (Fsp3) is 0.333. The maximum atomic E-state index is 12.4. The van der Waals surface area contributed by atoms with Gasteiger partial charge in [0.2, 0.25) is 5.91 Å². The van der Waals surface area contributed by atoms with Crippen LogP contribution in [0.3, 0.4) is 0 Å². The van der Waals surface area contributed by atoms with Gasteiger partial charge in [-0.3, -0.25) is 19.3 Å². The summed E-state index contributed by atoms with van der Waals surface area (Å²) in [6.07, 6.45) is 0. The normalized spacial score (nSPS) is 11.1. The Morgan fingerprint density at radius 2 is 1.78 bits per heavy atom. The summed E-state index contributed by atoms with van der Waals surface area (Å²) in [5, 5.41) is 28.9. The minimum Gasteiger partial charge on any atom is -0.497 e. The van der Waals surface area contributed by atoms with Crippen LogP contribution in [0.5, 0.6) is 5.75 Å². The van der Waals surface area contributed by atoms with Crippen LogP contribution in [-0.2, 0) is 14.4 Å². The molecular weight excluding hydrogens is 490 g/mol. The molecule has 0 saturated heterocycles. The average molecular weight is 518 g/mol. The number of carbonyl (C=O) groups excluding carboxylic acids is 1. The number of carbonyl (C=O) groups is 3. The molecule has 0 atom stereocenters. The van der Waals surface area contributed by atoms with Crippen LogP contribution < -0.4 is 20.7 Å². The van der Waals surface area contributed by atoms with Crippen molar-refractivity contribution in [3.8, 4) is 5.75 Å². The van der Waals surface area contributed by atoms with E-state index in [9.17, 15) is 14.4 Å². The molecule has 1 amide bonds. The zero-order valence-corrected chi connectivity index (χ0v) is 20.5. The van der Waals surface area contributed by atoms with Crippen LogP contribution in [0.2, 0.25) is 5.02 Å². The lowest BCUT2D eigenvalue weighted by Gasteiger charge is -2.20. The molecule has 3 rings (SSSR count). The van der Waals surface area contributed by atoms with Gasteiger partial charge in [-0.15, -0.1) is 0 Å². The first-order valence-corrected chi connectivity index (χ1v) is 11.6. The Labute approximate surface area is 212 Å². The largest absolute Gasteiger partial charge is 0.497 e. The zero-order valence-electron chi connectivity index (χ0n) is 19.7. The highest BCUT2D eigenvalue weighted by Crippen LogP contribution is 2.34. The first kappa shape index (κ1) is 26.9. The van der Waals surface area contributed by atoms with Gasteiger partial charge >= 0.3 is 11.9 Å². The average Bonchev–Trinajstić information content (AvgIpc) is 2.82. The lowest BCUT2D eigenvalue weighted by Crippen LogP contribution is -2.44. The third kappa shape index (κ3) is 7.67. The van der Waals surface area contributed by atoms with Crippen LogP contribution in [0.1, 0.15) is 0 Å². The first-order valence-electron chi connectivity index (χ1n) is 11.2. The molecule has 0 radical (unpaired) electrons. The lowest BCUT2D eigenvalue weighted by molar-refractivity contribution is -0.139. The maximum absolute atomic E-state index is 12.4. The van der Waals surface area contributed by atoms with E-state index in [1.807, 2.05) is 24.3 Å². The number of hydrogen-bond donors (Lipinski definition) is 5. The van der Waals surface area contributed by atoms with Gasteiger partial charge in [0.1, 0.15) is 5.75 Å². The molecule has 3 aromatic rings. The minimum atomic E-state index is -1.07. The molecule has 0 aliphatic carbocycles. The topological polar surface area (TPSA) is 153 Å². The second-order valence-corrected chi connectivity index (χ2v) is 8.42. The molecule has 12 heteroatoms. The molecular formula is C24H28ClN5O6. The molecule has 11 nitrogen and oxygen atoms in total. The third-order valence-electron chi connectivity index (χ3n) is 5.30. The fourth-order valence-corrected chi connectivity index (χ4v) is 3.87. The van der Waals surface area contributed by atoms with Crippen LogP contribution in [0.4, 0.5) is 5.69 Å². The van der Waals surface area contributed by atoms with Crippen molar-refractivity contribution in [2.75, 3.05) is 58.2 Å². The van der Waals surface area contributed by atoms with Gasteiger partial charge < -0.3 is 30.9 Å². The Balaban J connectivity index is 1.63. The van der Waals surface area contributed by atoms with Crippen molar-refractivity contribution in [1.82, 2.24) is 20.5 Å². The highest BCUT2D eigenvalue weighted by molar-refractivity contribution is 6.31. The summed E-state index contributed by atoms with van der Waals surface area (Å²) in [5.74, 6) is -1.74. The number of anilines is 1. The molecule has 36 heavy (non-hydrogen) atoms. The van der Waals surface area contributed by atoms with Crippen LogP contribution >= 0.6 is 11.6 Å². The summed E-state index contributed by atoms with van der Waals surface area (Å²) in [5.41, 5.74) is 2.32. The van der Waals surface area contributed by atoms with Crippen molar-refractivity contribution in [3.05, 3.63) is 41.4 Å². The quantitative estimate of drug-likeness (QED) is 0.157. The Bertz CT molecular complexity index is 1250. The third-order valence-corrected chi connectivity index (χ3v) is 5.53. The predicted molar refractivity (Wildman–Crippen MR) is 137 cm³/mol. The smallest absolute Gasteiger partial charge is 0.317 e. The van der Waals surface area contributed by atoms with Crippen molar-refractivity contribution >= 4 is 56.9 Å². The Hall–Kier alpha value is -3.67. The number of carboxylic acids is 2. The number of rotatable bonds is 14. The number of aromatic nitrogens is 1. The highest BCUT2D eigenvalue weighted by Gasteiger charge is 2.14. The first-order chi connectivity index (χ1) is 17.3. The van der Waals surface area contributed by atoms with Crippen LogP contribution in [-0.4, -0.2) is 90.9 Å². The highest BCUT2D eigenvalue weighted by atomic mass is 35.5. The molecule has 0 bridgehead atoms. The van der Waals surface area contributed by atoms with Gasteiger partial charge in [0, 0.05) is 42.0 Å². The molecule has 192 valence electrons. The Morgan fingerprint density at radius 3 is 2.50 bits per heavy atom. The van der Waals surface area contributed by atoms with E-state index in [0.717, 1.165) is 27.5 Å². The summed E-state index contributed by atoms with van der Waals surface area (Å²) in [4.78, 5) is 40.2. The maximum Gasteiger partial charge on any atom is 0.317 e. The second kappa shape index (κ2) is 12.9. The van der Waals surface area contributed by atoms with Crippen molar-refractivity contribution < 1.29 is 29.3 Å². The van der Waals surface area contributed by atoms with Gasteiger partial charge in [0.25, 0.3) is 0 Å². The number of nitrogens with one attached hydrogen (secondary N) is 3. The lowest BCUT2D eigenvalue weighted by atomic mass is 10.1. The number of halogens is 1. The van der Waals surface area contributed by atoms with E-state index in [1.165, 1.54) is 4.90 Å². The summed E-state index contributed by atoms with van der Waals surface area (Å²) in [6, 6.07) is 11.0. The Kier molecular flexibility index (Phi) is 9.62. The zero-order chi connectivity index (χ0) is 26.1. The van der Waals surface area contributed by atoms with Gasteiger partial charge in [-0.2, -0.15) is 0 Å².